The topological polar surface area (TPSA) is 242 Å². The summed E-state index contributed by atoms with van der Waals surface area (Å²) in [7, 11) is -3.82. The van der Waals surface area contributed by atoms with Crippen LogP contribution in [0.25, 0.3) is 28.0 Å². The molecular formula is C47H64N12O7S. The number of anilines is 1. The third kappa shape index (κ3) is 13.2. The van der Waals surface area contributed by atoms with E-state index in [2.05, 4.69) is 56.0 Å². The summed E-state index contributed by atoms with van der Waals surface area (Å²) in [5.41, 5.74) is 8.67. The van der Waals surface area contributed by atoms with Crippen LogP contribution in [0.2, 0.25) is 0 Å². The van der Waals surface area contributed by atoms with E-state index in [-0.39, 0.29) is 28.5 Å². The molecule has 3 amide bonds. The number of hydrogen-bond acceptors (Lipinski definition) is 13. The van der Waals surface area contributed by atoms with Crippen molar-refractivity contribution in [3.8, 4) is 0 Å². The molecule has 5 N–H and O–H groups in total. The maximum absolute atomic E-state index is 13.0. The van der Waals surface area contributed by atoms with Crippen LogP contribution in [0.5, 0.6) is 0 Å². The Bertz CT molecular complexity index is 2760. The molecule has 0 aliphatic heterocycles. The van der Waals surface area contributed by atoms with E-state index < -0.39 is 27.3 Å². The van der Waals surface area contributed by atoms with Crippen LogP contribution in [-0.4, -0.2) is 89.3 Å². The quantitative estimate of drug-likeness (QED) is 0.0743. The molecule has 0 spiro atoms. The fourth-order valence-corrected chi connectivity index (χ4v) is 9.90. The predicted molar refractivity (Wildman–Crippen MR) is 253 cm³/mol. The predicted octanol–water partition coefficient (Wildman–Crippen LogP) is 7.62. The molecule has 0 atom stereocenters. The molecule has 20 heteroatoms. The largest absolute Gasteiger partial charge is 0.444 e. The number of hydrazine groups is 1. The number of aromatic nitrogens is 8. The van der Waals surface area contributed by atoms with Crippen molar-refractivity contribution in [1.29, 1.82) is 0 Å². The van der Waals surface area contributed by atoms with Crippen molar-refractivity contribution in [3.05, 3.63) is 72.6 Å². The third-order valence-electron chi connectivity index (χ3n) is 12.0. The zero-order chi connectivity index (χ0) is 47.9. The molecule has 2 aliphatic carbocycles. The average Bonchev–Trinajstić information content (AvgIpc) is 4.03. The van der Waals surface area contributed by atoms with E-state index in [9.17, 15) is 22.8 Å². The number of alkyl carbamates (subject to hydrolysis) is 2. The van der Waals surface area contributed by atoms with Gasteiger partial charge in [-0.15, -0.1) is 10.2 Å². The smallest absolute Gasteiger partial charge is 0.407 e. The number of H-pyrrole nitrogens is 1. The Kier molecular flexibility index (Phi) is 15.0. The number of ether oxygens (including phenoxy) is 2. The first-order valence-electron chi connectivity index (χ1n) is 23.1. The summed E-state index contributed by atoms with van der Waals surface area (Å²) in [5, 5.41) is 14.4. The van der Waals surface area contributed by atoms with Gasteiger partial charge in [0.15, 0.2) is 22.8 Å². The van der Waals surface area contributed by atoms with Gasteiger partial charge in [0.05, 0.1) is 22.8 Å². The fourth-order valence-electron chi connectivity index (χ4n) is 8.60. The lowest BCUT2D eigenvalue weighted by molar-refractivity contribution is -0.121. The van der Waals surface area contributed by atoms with Gasteiger partial charge >= 0.3 is 12.2 Å². The molecule has 19 nitrogen and oxygen atoms in total. The summed E-state index contributed by atoms with van der Waals surface area (Å²) in [6.07, 6.45) is 15.2. The maximum Gasteiger partial charge on any atom is 0.407 e. The van der Waals surface area contributed by atoms with Crippen LogP contribution in [0.3, 0.4) is 0 Å². The SMILES string of the molecule is CC(C)(C)OC(=O)NCC1CCC(Cc2nnc3cnc4[nH]ccc4n23)CC1.Cc1ccc(S(=O)(=O)n2ccc3nc(NNC(=O)CC4CCC(CNC(=O)OC(C)(C)C)CC4)cnc32)cc1. The van der Waals surface area contributed by atoms with E-state index in [0.717, 1.165) is 90.0 Å². The Morgan fingerprint density at radius 2 is 1.36 bits per heavy atom. The lowest BCUT2D eigenvalue weighted by Crippen LogP contribution is -2.36. The van der Waals surface area contributed by atoms with E-state index in [1.165, 1.54) is 12.4 Å². The highest BCUT2D eigenvalue weighted by Gasteiger charge is 2.27. The summed E-state index contributed by atoms with van der Waals surface area (Å²) in [4.78, 5) is 52.5. The number of fused-ring (bicyclic) bond motifs is 4. The normalized spacial score (nSPS) is 19.0. The van der Waals surface area contributed by atoms with Gasteiger partial charge in [-0.05, 0) is 148 Å². The van der Waals surface area contributed by atoms with Crippen molar-refractivity contribution in [1.82, 2.24) is 54.6 Å². The molecular weight excluding hydrogens is 877 g/mol. The molecule has 0 radical (unpaired) electrons. The maximum atomic E-state index is 13.0. The van der Waals surface area contributed by atoms with E-state index in [1.54, 1.807) is 36.5 Å². The van der Waals surface area contributed by atoms with Crippen molar-refractivity contribution < 1.29 is 32.3 Å². The van der Waals surface area contributed by atoms with Crippen LogP contribution in [0.1, 0.15) is 111 Å². The lowest BCUT2D eigenvalue weighted by Gasteiger charge is -2.28. The first kappa shape index (κ1) is 48.6. The number of aromatic amines is 1. The van der Waals surface area contributed by atoms with Crippen LogP contribution in [0.15, 0.2) is 66.1 Å². The Morgan fingerprint density at radius 1 is 0.761 bits per heavy atom. The molecule has 5 aromatic heterocycles. The highest BCUT2D eigenvalue weighted by Crippen LogP contribution is 2.32. The molecule has 2 saturated carbocycles. The number of aryl methyl sites for hydroxylation is 1. The van der Waals surface area contributed by atoms with Gasteiger partial charge in [0.25, 0.3) is 10.0 Å². The second kappa shape index (κ2) is 20.7. The van der Waals surface area contributed by atoms with Crippen molar-refractivity contribution in [2.75, 3.05) is 18.5 Å². The molecule has 2 aliphatic rings. The summed E-state index contributed by atoms with van der Waals surface area (Å²) in [6, 6.07) is 10.2. The van der Waals surface area contributed by atoms with Gasteiger partial charge in [-0.1, -0.05) is 17.7 Å². The Hall–Kier alpha value is -6.31. The Balaban J connectivity index is 0.000000209. The van der Waals surface area contributed by atoms with Gasteiger partial charge in [-0.3, -0.25) is 20.0 Å². The summed E-state index contributed by atoms with van der Waals surface area (Å²) < 4.78 is 39.9. The van der Waals surface area contributed by atoms with Crippen molar-refractivity contribution >= 4 is 61.9 Å². The second-order valence-corrected chi connectivity index (χ2v) is 21.6. The molecule has 0 bridgehead atoms. The van der Waals surface area contributed by atoms with Gasteiger partial charge in [-0.25, -0.2) is 36.9 Å². The number of benzene rings is 1. The minimum Gasteiger partial charge on any atom is -0.444 e. The average molecular weight is 941 g/mol. The zero-order valence-corrected chi connectivity index (χ0v) is 40.3. The first-order valence-corrected chi connectivity index (χ1v) is 24.5. The van der Waals surface area contributed by atoms with Crippen LogP contribution in [-0.2, 0) is 30.7 Å². The molecule has 5 heterocycles. The Labute approximate surface area is 391 Å². The van der Waals surface area contributed by atoms with Gasteiger partial charge in [-0.2, -0.15) is 0 Å². The van der Waals surface area contributed by atoms with E-state index in [0.29, 0.717) is 48.6 Å². The van der Waals surface area contributed by atoms with Gasteiger partial charge in [0.2, 0.25) is 5.91 Å². The summed E-state index contributed by atoms with van der Waals surface area (Å²) >= 11 is 0. The fraction of sp³-hybridized carbons (Fsp3) is 0.532. The van der Waals surface area contributed by atoms with Crippen LogP contribution in [0, 0.1) is 30.6 Å². The van der Waals surface area contributed by atoms with E-state index in [1.807, 2.05) is 60.7 Å². The molecule has 67 heavy (non-hydrogen) atoms. The number of rotatable bonds is 12. The van der Waals surface area contributed by atoms with E-state index in [4.69, 9.17) is 9.47 Å². The molecule has 1 aromatic carbocycles. The molecule has 0 unspecified atom stereocenters. The molecule has 6 aromatic rings. The van der Waals surface area contributed by atoms with Crippen molar-refractivity contribution in [2.24, 2.45) is 23.7 Å². The first-order chi connectivity index (χ1) is 31.8. The monoisotopic (exact) mass is 940 g/mol. The summed E-state index contributed by atoms with van der Waals surface area (Å²) in [6.45, 7) is 14.3. The van der Waals surface area contributed by atoms with Crippen LogP contribution >= 0.6 is 0 Å². The minimum absolute atomic E-state index is 0.160. The van der Waals surface area contributed by atoms with Crippen LogP contribution < -0.4 is 21.5 Å². The second-order valence-electron chi connectivity index (χ2n) is 19.8. The number of carbonyl (C=O) groups is 3. The lowest BCUT2D eigenvalue weighted by atomic mass is 9.80. The minimum atomic E-state index is -3.82. The number of nitrogens with zero attached hydrogens (tertiary/aromatic N) is 7. The van der Waals surface area contributed by atoms with Crippen molar-refractivity contribution in [2.45, 2.75) is 129 Å². The van der Waals surface area contributed by atoms with Gasteiger partial charge in [0.1, 0.15) is 22.5 Å². The van der Waals surface area contributed by atoms with Crippen molar-refractivity contribution in [3.63, 3.8) is 0 Å². The molecule has 8 rings (SSSR count). The number of carbonyl (C=O) groups excluding carboxylic acids is 3. The third-order valence-corrected chi connectivity index (χ3v) is 13.7. The molecule has 360 valence electrons. The standard InChI is InChI=1S/C27H36N6O5S.C20H28N6O2/c1-18-5-11-21(12-6-18)39(36,37)33-14-13-22-25(33)28-17-23(30-22)31-32-24(34)15-19-7-9-20(10-8-19)16-29-26(35)38-27(2,3)4;1-20(2,3)28-19(27)23-11-14-6-4-13(5-7-14)10-16-24-25-17-12-22-18-15(26(16)17)8-9-21-18/h5-6,11-14,17,19-20H,7-10,15-16H2,1-4H3,(H,29,35)(H,30,31)(H,32,34);8-9,12-14,21H,4-7,10-11H2,1-3H3,(H,23,27). The highest BCUT2D eigenvalue weighted by molar-refractivity contribution is 7.90. The van der Waals surface area contributed by atoms with E-state index >= 15 is 0 Å². The van der Waals surface area contributed by atoms with Gasteiger partial charge < -0.3 is 25.1 Å². The van der Waals surface area contributed by atoms with Crippen LogP contribution in [0.4, 0.5) is 15.4 Å². The number of hydrogen-bond donors (Lipinski definition) is 5. The van der Waals surface area contributed by atoms with Gasteiger partial charge in [0, 0.05) is 38.3 Å². The molecule has 2 fully saturated rings. The number of amides is 3. The molecule has 0 saturated heterocycles. The highest BCUT2D eigenvalue weighted by atomic mass is 32.2. The zero-order valence-electron chi connectivity index (χ0n) is 39.5. The Morgan fingerprint density at radius 3 is 1.97 bits per heavy atom. The summed E-state index contributed by atoms with van der Waals surface area (Å²) in [5.74, 6) is 2.88. The number of nitrogens with one attached hydrogen (secondary N) is 5.